The quantitative estimate of drug-likeness (QED) is 0.600. The van der Waals surface area contributed by atoms with Crippen molar-refractivity contribution in [3.63, 3.8) is 0 Å². The summed E-state index contributed by atoms with van der Waals surface area (Å²) < 4.78 is 20.2. The van der Waals surface area contributed by atoms with Crippen molar-refractivity contribution in [2.45, 2.75) is 52.5 Å². The van der Waals surface area contributed by atoms with Crippen LogP contribution in [0.25, 0.3) is 0 Å². The van der Waals surface area contributed by atoms with Gasteiger partial charge in [-0.3, -0.25) is 9.48 Å². The van der Waals surface area contributed by atoms with E-state index in [9.17, 15) is 9.18 Å². The Morgan fingerprint density at radius 2 is 2.04 bits per heavy atom. The van der Waals surface area contributed by atoms with Gasteiger partial charge in [-0.2, -0.15) is 10.4 Å². The molecule has 0 fully saturated rings. The molecule has 0 spiro atoms. The Morgan fingerprint density at radius 3 is 2.75 bits per heavy atom. The number of aromatic nitrogens is 2. The number of hydrogen-bond donors (Lipinski definition) is 1. The van der Waals surface area contributed by atoms with Gasteiger partial charge in [-0.15, -0.1) is 0 Å². The fourth-order valence-corrected chi connectivity index (χ4v) is 2.97. The van der Waals surface area contributed by atoms with Crippen molar-refractivity contribution in [1.29, 1.82) is 5.26 Å². The molecule has 0 radical (unpaired) electrons. The molecule has 2 rings (SSSR count). The van der Waals surface area contributed by atoms with E-state index < -0.39 is 0 Å². The first kappa shape index (κ1) is 21.4. The number of ether oxygens (including phenoxy) is 1. The second-order valence-electron chi connectivity index (χ2n) is 6.64. The minimum atomic E-state index is -0.282. The second kappa shape index (κ2) is 11.1. The number of unbranched alkanes of at least 4 members (excludes halogenated alkanes) is 1. The molecule has 150 valence electrons. The second-order valence-corrected chi connectivity index (χ2v) is 6.64. The molecule has 1 aromatic carbocycles. The number of nitrogens with one attached hydrogen (secondary N) is 1. The van der Waals surface area contributed by atoms with E-state index in [0.717, 1.165) is 29.8 Å². The van der Waals surface area contributed by atoms with Crippen molar-refractivity contribution < 1.29 is 13.9 Å². The first-order chi connectivity index (χ1) is 13.5. The van der Waals surface area contributed by atoms with Crippen LogP contribution >= 0.6 is 0 Å². The molecule has 1 aromatic heterocycles. The van der Waals surface area contributed by atoms with E-state index >= 15 is 0 Å². The van der Waals surface area contributed by atoms with Gasteiger partial charge in [-0.1, -0.05) is 0 Å². The van der Waals surface area contributed by atoms with Gasteiger partial charge in [0, 0.05) is 18.7 Å². The summed E-state index contributed by atoms with van der Waals surface area (Å²) in [5, 5.41) is 16.1. The monoisotopic (exact) mass is 386 g/mol. The maximum Gasteiger partial charge on any atom is 0.220 e. The first-order valence-electron chi connectivity index (χ1n) is 9.56. The molecule has 0 atom stereocenters. The van der Waals surface area contributed by atoms with Crippen LogP contribution in [-0.2, 0) is 17.8 Å². The van der Waals surface area contributed by atoms with Crippen LogP contribution in [0.15, 0.2) is 24.3 Å². The molecule has 1 amide bonds. The first-order valence-corrected chi connectivity index (χ1v) is 9.56. The zero-order chi connectivity index (χ0) is 20.4. The average Bonchev–Trinajstić information content (AvgIpc) is 2.95. The molecule has 0 unspecified atom stereocenters. The lowest BCUT2D eigenvalue weighted by Crippen LogP contribution is -2.25. The van der Waals surface area contributed by atoms with Gasteiger partial charge in [0.25, 0.3) is 0 Å². The number of aryl methyl sites for hydroxylation is 2. The van der Waals surface area contributed by atoms with Gasteiger partial charge in [-0.05, 0) is 62.9 Å². The van der Waals surface area contributed by atoms with E-state index in [4.69, 9.17) is 10.00 Å². The smallest absolute Gasteiger partial charge is 0.220 e. The normalized spacial score (nSPS) is 10.5. The van der Waals surface area contributed by atoms with Gasteiger partial charge >= 0.3 is 0 Å². The zero-order valence-electron chi connectivity index (χ0n) is 16.5. The van der Waals surface area contributed by atoms with Crippen LogP contribution in [0.4, 0.5) is 4.39 Å². The van der Waals surface area contributed by atoms with Crippen LogP contribution in [0, 0.1) is 31.0 Å². The van der Waals surface area contributed by atoms with E-state index in [1.54, 1.807) is 12.1 Å². The van der Waals surface area contributed by atoms with Crippen LogP contribution < -0.4 is 10.1 Å². The van der Waals surface area contributed by atoms with Crippen molar-refractivity contribution in [2.24, 2.45) is 0 Å². The predicted octanol–water partition coefficient (Wildman–Crippen LogP) is 3.46. The van der Waals surface area contributed by atoms with E-state index in [1.165, 1.54) is 12.1 Å². The molecule has 0 aliphatic carbocycles. The number of halogens is 1. The molecule has 6 nitrogen and oxygen atoms in total. The molecule has 0 aliphatic rings. The molecule has 0 saturated heterocycles. The van der Waals surface area contributed by atoms with E-state index in [0.29, 0.717) is 44.7 Å². The zero-order valence-corrected chi connectivity index (χ0v) is 16.5. The molecule has 0 bridgehead atoms. The number of rotatable bonds is 11. The molecule has 1 heterocycles. The van der Waals surface area contributed by atoms with Crippen LogP contribution in [0.5, 0.6) is 5.75 Å². The van der Waals surface area contributed by atoms with E-state index in [2.05, 4.69) is 16.5 Å². The number of amides is 1. The lowest BCUT2D eigenvalue weighted by Gasteiger charge is -2.08. The van der Waals surface area contributed by atoms with Crippen molar-refractivity contribution in [3.8, 4) is 11.8 Å². The summed E-state index contributed by atoms with van der Waals surface area (Å²) in [4.78, 5) is 12.1. The third kappa shape index (κ3) is 6.69. The Hall–Kier alpha value is -2.88. The minimum absolute atomic E-state index is 0.0167. The van der Waals surface area contributed by atoms with Crippen LogP contribution in [0.3, 0.4) is 0 Å². The van der Waals surface area contributed by atoms with Crippen LogP contribution in [0.1, 0.15) is 42.6 Å². The average molecular weight is 386 g/mol. The highest BCUT2D eigenvalue weighted by Crippen LogP contribution is 2.15. The van der Waals surface area contributed by atoms with Crippen molar-refractivity contribution in [1.82, 2.24) is 15.1 Å². The summed E-state index contributed by atoms with van der Waals surface area (Å²) >= 11 is 0. The highest BCUT2D eigenvalue weighted by Gasteiger charge is 2.12. The SMILES string of the molecule is Cc1nn(CCC#N)c(C)c1CCC(=O)NCCCCOc1ccc(F)cc1. The number of nitrogens with zero attached hydrogens (tertiary/aromatic N) is 3. The standard InChI is InChI=1S/C21H27FN4O2/c1-16-20(17(2)26(25-16)14-5-12-23)10-11-21(27)24-13-3-4-15-28-19-8-6-18(22)7-9-19/h6-9H,3-5,10-11,13-15H2,1-2H3,(H,24,27). The van der Waals surface area contributed by atoms with Crippen molar-refractivity contribution in [2.75, 3.05) is 13.2 Å². The Bertz CT molecular complexity index is 809. The van der Waals surface area contributed by atoms with E-state index in [1.807, 2.05) is 18.5 Å². The molecular formula is C21H27FN4O2. The fourth-order valence-electron chi connectivity index (χ4n) is 2.97. The molecule has 28 heavy (non-hydrogen) atoms. The van der Waals surface area contributed by atoms with Gasteiger partial charge in [0.1, 0.15) is 11.6 Å². The number of carbonyl (C=O) groups is 1. The summed E-state index contributed by atoms with van der Waals surface area (Å²) in [5.74, 6) is 0.379. The summed E-state index contributed by atoms with van der Waals surface area (Å²) in [5.41, 5.74) is 3.03. The fraction of sp³-hybridized carbons (Fsp3) is 0.476. The van der Waals surface area contributed by atoms with Crippen LogP contribution in [0.2, 0.25) is 0 Å². The minimum Gasteiger partial charge on any atom is -0.494 e. The van der Waals surface area contributed by atoms with E-state index in [-0.39, 0.29) is 11.7 Å². The maximum absolute atomic E-state index is 12.8. The Morgan fingerprint density at radius 1 is 1.29 bits per heavy atom. The third-order valence-electron chi connectivity index (χ3n) is 4.54. The van der Waals surface area contributed by atoms with Gasteiger partial charge in [0.2, 0.25) is 5.91 Å². The summed E-state index contributed by atoms with van der Waals surface area (Å²) in [6.07, 6.45) is 3.10. The number of hydrogen-bond acceptors (Lipinski definition) is 4. The Kier molecular flexibility index (Phi) is 8.47. The summed E-state index contributed by atoms with van der Waals surface area (Å²) in [7, 11) is 0. The molecule has 2 aromatic rings. The topological polar surface area (TPSA) is 79.9 Å². The lowest BCUT2D eigenvalue weighted by molar-refractivity contribution is -0.121. The molecular weight excluding hydrogens is 359 g/mol. The molecule has 0 aliphatic heterocycles. The molecule has 1 N–H and O–H groups in total. The summed E-state index contributed by atoms with van der Waals surface area (Å²) in [6, 6.07) is 8.06. The highest BCUT2D eigenvalue weighted by atomic mass is 19.1. The van der Waals surface area contributed by atoms with Crippen LogP contribution in [-0.4, -0.2) is 28.8 Å². The van der Waals surface area contributed by atoms with Crippen molar-refractivity contribution >= 4 is 5.91 Å². The largest absolute Gasteiger partial charge is 0.494 e. The Balaban J connectivity index is 1.62. The van der Waals surface area contributed by atoms with Gasteiger partial charge in [0.05, 0.1) is 31.3 Å². The Labute approximate surface area is 165 Å². The van der Waals surface area contributed by atoms with Crippen molar-refractivity contribution in [3.05, 3.63) is 47.0 Å². The molecule has 0 saturated carbocycles. The predicted molar refractivity (Wildman–Crippen MR) is 104 cm³/mol. The van der Waals surface area contributed by atoms with Gasteiger partial charge in [0.15, 0.2) is 0 Å². The third-order valence-corrected chi connectivity index (χ3v) is 4.54. The molecule has 7 heteroatoms. The van der Waals surface area contributed by atoms with Gasteiger partial charge < -0.3 is 10.1 Å². The number of benzene rings is 1. The highest BCUT2D eigenvalue weighted by molar-refractivity contribution is 5.76. The maximum atomic E-state index is 12.8. The number of carbonyl (C=O) groups excluding carboxylic acids is 1. The lowest BCUT2D eigenvalue weighted by atomic mass is 10.1. The summed E-state index contributed by atoms with van der Waals surface area (Å²) in [6.45, 7) is 5.62. The van der Waals surface area contributed by atoms with Gasteiger partial charge in [-0.25, -0.2) is 4.39 Å². The number of nitriles is 1.